The predicted octanol–water partition coefficient (Wildman–Crippen LogP) is 15.1. The fraction of sp³-hybridized carbons (Fsp3) is 0.293. The van der Waals surface area contributed by atoms with Crippen LogP contribution >= 0.6 is 23.5 Å². The highest BCUT2D eigenvalue weighted by molar-refractivity contribution is 7.99. The highest BCUT2D eigenvalue weighted by Crippen LogP contribution is 2.38. The largest absolute Gasteiger partial charge is 0.424 e. The minimum Gasteiger partial charge on any atom is -0.424 e. The molecule has 0 aliphatic carbocycles. The van der Waals surface area contributed by atoms with E-state index in [0.29, 0.717) is 91.5 Å². The standard InChI is InChI=1S/C28H31N7OS.C27H30N8O2.C27H30N8OS/c1-5-26(36)30-21-7-6-8-22(17-21)37-28-33-27(32-25-9-12-29-35(25)28)31-24-16-18(2)23(15-19(24)3)20-10-13-34(4)14-11-20;2*1-5-24(36)30-20-7-6-8-21(16-20)37-27-33-26(31-23-9-12-28-35(23)27)32-25-17(2)15-22(18(3)29-25)19-10-13-34(4)14-11-19/h5-9,12,15-17,20H,1,10-11,13-14H2,2-4H3,(H,30,36)(H,31,32);2*5-9,12,15-16,19H,1,10-11,13-14H2,2-4H3,(H,30,36)(H,29,31,32). The Morgan fingerprint density at radius 2 is 0.811 bits per heavy atom. The zero-order valence-corrected chi connectivity index (χ0v) is 65.5. The number of benzene rings is 4. The molecule has 3 aliphatic heterocycles. The first-order valence-electron chi connectivity index (χ1n) is 36.9. The molecule has 3 amide bonds. The second-order valence-electron chi connectivity index (χ2n) is 28.1. The number of rotatable bonds is 21. The van der Waals surface area contributed by atoms with Gasteiger partial charge in [0.05, 0.1) is 18.6 Å². The molecule has 6 N–H and O–H groups in total. The molecule has 8 aromatic heterocycles. The van der Waals surface area contributed by atoms with Crippen molar-refractivity contribution in [2.75, 3.05) is 92.3 Å². The molecule has 0 bridgehead atoms. The van der Waals surface area contributed by atoms with E-state index in [-0.39, 0.29) is 23.7 Å². The Kier molecular flexibility index (Phi) is 24.6. The number of pyridine rings is 2. The molecule has 3 fully saturated rings. The summed E-state index contributed by atoms with van der Waals surface area (Å²) in [6.45, 7) is 29.8. The van der Waals surface area contributed by atoms with E-state index in [1.54, 1.807) is 58.0 Å². The van der Waals surface area contributed by atoms with Crippen LogP contribution in [0.15, 0.2) is 192 Å². The van der Waals surface area contributed by atoms with E-state index in [1.165, 1.54) is 86.9 Å². The quantitative estimate of drug-likeness (QED) is 0.0364. The van der Waals surface area contributed by atoms with Gasteiger partial charge in [0.1, 0.15) is 17.4 Å². The van der Waals surface area contributed by atoms with Crippen molar-refractivity contribution >= 4 is 110 Å². The minimum absolute atomic E-state index is 0.224. The number of hydrogen-bond donors (Lipinski definition) is 6. The molecule has 4 aromatic carbocycles. The predicted molar refractivity (Wildman–Crippen MR) is 438 cm³/mol. The number of piperidine rings is 3. The maximum atomic E-state index is 11.7. The Morgan fingerprint density at radius 3 is 1.26 bits per heavy atom. The number of fused-ring (bicyclic) bond motifs is 3. The lowest BCUT2D eigenvalue weighted by atomic mass is 9.86. The molecule has 570 valence electrons. The molecule has 3 aliphatic rings. The van der Waals surface area contributed by atoms with Gasteiger partial charge in [-0.15, -0.1) is 0 Å². The lowest BCUT2D eigenvalue weighted by molar-refractivity contribution is -0.112. The molecule has 0 radical (unpaired) electrons. The van der Waals surface area contributed by atoms with Crippen LogP contribution in [-0.2, 0) is 14.4 Å². The topological polar surface area (TPSA) is 297 Å². The summed E-state index contributed by atoms with van der Waals surface area (Å²) < 4.78 is 11.0. The van der Waals surface area contributed by atoms with Crippen LogP contribution in [-0.4, -0.2) is 162 Å². The molecule has 15 rings (SSSR count). The van der Waals surface area contributed by atoms with Gasteiger partial charge >= 0.3 is 6.01 Å². The summed E-state index contributed by atoms with van der Waals surface area (Å²) in [7, 11) is 6.55. The number of aromatic nitrogens is 14. The molecular formula is C82H91N23O4S2. The Morgan fingerprint density at radius 1 is 0.423 bits per heavy atom. The lowest BCUT2D eigenvalue weighted by Crippen LogP contribution is -2.29. The molecule has 27 nitrogen and oxygen atoms in total. The summed E-state index contributed by atoms with van der Waals surface area (Å²) in [5.41, 5.74) is 15.6. The summed E-state index contributed by atoms with van der Waals surface area (Å²) in [5, 5.41) is 32.8. The first-order chi connectivity index (χ1) is 53.7. The second kappa shape index (κ2) is 35.3. The molecule has 0 spiro atoms. The van der Waals surface area contributed by atoms with Gasteiger partial charge in [-0.2, -0.15) is 58.7 Å². The number of nitrogens with zero attached hydrogens (tertiary/aromatic N) is 17. The van der Waals surface area contributed by atoms with Crippen molar-refractivity contribution in [1.82, 2.24) is 83.4 Å². The van der Waals surface area contributed by atoms with Crippen LogP contribution in [0.5, 0.6) is 11.8 Å². The number of carbonyl (C=O) groups excluding carboxylic acids is 3. The van der Waals surface area contributed by atoms with Gasteiger partial charge in [0.15, 0.2) is 27.3 Å². The summed E-state index contributed by atoms with van der Waals surface area (Å²) >= 11 is 2.88. The average Bonchev–Trinajstić information content (AvgIpc) is 1.78. The molecular weight excluding hydrogens is 1440 g/mol. The van der Waals surface area contributed by atoms with E-state index in [0.717, 1.165) is 109 Å². The summed E-state index contributed by atoms with van der Waals surface area (Å²) in [6.07, 6.45) is 15.7. The lowest BCUT2D eigenvalue weighted by Gasteiger charge is -2.30. The van der Waals surface area contributed by atoms with Gasteiger partial charge in [0.2, 0.25) is 35.6 Å². The molecule has 0 unspecified atom stereocenters. The Bertz CT molecular complexity index is 4900. The third-order valence-corrected chi connectivity index (χ3v) is 21.7. The minimum atomic E-state index is -0.305. The van der Waals surface area contributed by atoms with Gasteiger partial charge in [-0.25, -0.2) is 9.97 Å². The van der Waals surface area contributed by atoms with Crippen molar-refractivity contribution in [3.63, 3.8) is 0 Å². The smallest absolute Gasteiger partial charge is 0.328 e. The SMILES string of the molecule is C=CC(=O)Nc1cccc(Oc2nc(Nc3nc(C)c(C4CCN(C)CC4)cc3C)nc3ccnn23)c1.C=CC(=O)Nc1cccc(Sc2nc(Nc3cc(C)c(C4CCN(C)CC4)cc3C)nc3ccnn23)c1.C=CC(=O)Nc1cccc(Sc2nc(Nc3nc(C)c(C4CCN(C)CC4)cc3C)nc3ccnn23)c1. The van der Waals surface area contributed by atoms with E-state index in [4.69, 9.17) is 24.7 Å². The van der Waals surface area contributed by atoms with Crippen LogP contribution in [0.1, 0.15) is 107 Å². The first-order valence-corrected chi connectivity index (χ1v) is 38.5. The molecule has 0 atom stereocenters. The third-order valence-electron chi connectivity index (χ3n) is 19.8. The molecule has 29 heteroatoms. The van der Waals surface area contributed by atoms with E-state index < -0.39 is 0 Å². The van der Waals surface area contributed by atoms with Crippen LogP contribution < -0.4 is 36.6 Å². The van der Waals surface area contributed by atoms with Crippen LogP contribution in [0.4, 0.5) is 52.2 Å². The van der Waals surface area contributed by atoms with Gasteiger partial charge < -0.3 is 51.3 Å². The summed E-state index contributed by atoms with van der Waals surface area (Å²) in [4.78, 5) is 81.8. The van der Waals surface area contributed by atoms with E-state index >= 15 is 0 Å². The van der Waals surface area contributed by atoms with Gasteiger partial charge in [-0.1, -0.05) is 56.1 Å². The van der Waals surface area contributed by atoms with E-state index in [2.05, 4.69) is 182 Å². The van der Waals surface area contributed by atoms with Gasteiger partial charge in [0.25, 0.3) is 0 Å². The second-order valence-corrected chi connectivity index (χ2v) is 30.1. The normalized spacial score (nSPS) is 14.5. The van der Waals surface area contributed by atoms with Gasteiger partial charge in [0, 0.05) is 68.2 Å². The summed E-state index contributed by atoms with van der Waals surface area (Å²) in [5.74, 6) is 4.13. The monoisotopic (exact) mass is 1530 g/mol. The van der Waals surface area contributed by atoms with Crippen LogP contribution in [0, 0.1) is 41.5 Å². The average molecular weight is 1530 g/mol. The van der Waals surface area contributed by atoms with Crippen molar-refractivity contribution in [2.24, 2.45) is 0 Å². The van der Waals surface area contributed by atoms with Crippen LogP contribution in [0.2, 0.25) is 0 Å². The zero-order chi connectivity index (χ0) is 77.8. The number of hydrogen-bond acceptors (Lipinski definition) is 23. The molecule has 3 saturated heterocycles. The number of amides is 3. The number of likely N-dealkylation sites (tertiary alicyclic amines) is 3. The van der Waals surface area contributed by atoms with Gasteiger partial charge in [-0.3, -0.25) is 14.4 Å². The fourth-order valence-corrected chi connectivity index (χ4v) is 15.6. The maximum absolute atomic E-state index is 11.7. The zero-order valence-electron chi connectivity index (χ0n) is 63.8. The number of ether oxygens (including phenoxy) is 1. The summed E-state index contributed by atoms with van der Waals surface area (Å²) in [6, 6.07) is 36.9. The van der Waals surface area contributed by atoms with Crippen LogP contribution in [0.3, 0.4) is 0 Å². The number of aryl methyl sites for hydroxylation is 6. The van der Waals surface area contributed by atoms with Crippen molar-refractivity contribution in [3.8, 4) is 11.8 Å². The van der Waals surface area contributed by atoms with Crippen molar-refractivity contribution in [1.29, 1.82) is 0 Å². The highest BCUT2D eigenvalue weighted by atomic mass is 32.2. The number of nitrogens with one attached hydrogen (secondary N) is 6. The van der Waals surface area contributed by atoms with E-state index in [9.17, 15) is 14.4 Å². The Labute approximate surface area is 653 Å². The fourth-order valence-electron chi connectivity index (χ4n) is 13.8. The molecule has 111 heavy (non-hydrogen) atoms. The third kappa shape index (κ3) is 19.5. The Hall–Kier alpha value is -11.8. The molecule has 12 aromatic rings. The number of carbonyl (C=O) groups is 3. The van der Waals surface area contributed by atoms with Crippen molar-refractivity contribution in [2.45, 2.75) is 118 Å². The van der Waals surface area contributed by atoms with Gasteiger partial charge in [-0.05, 0) is 294 Å². The Balaban J connectivity index is 0.000000146. The number of anilines is 9. The maximum Gasteiger partial charge on any atom is 0.328 e. The van der Waals surface area contributed by atoms with Crippen molar-refractivity contribution in [3.05, 3.63) is 222 Å². The first kappa shape index (κ1) is 77.4. The molecule has 0 saturated carbocycles. The highest BCUT2D eigenvalue weighted by Gasteiger charge is 2.26. The molecule has 11 heterocycles. The van der Waals surface area contributed by atoms with E-state index in [1.807, 2.05) is 67.6 Å². The van der Waals surface area contributed by atoms with Crippen molar-refractivity contribution < 1.29 is 19.1 Å². The van der Waals surface area contributed by atoms with Crippen LogP contribution in [0.25, 0.3) is 16.9 Å².